The Bertz CT molecular complexity index is 596. The number of nitrogens with zero attached hydrogens (tertiary/aromatic N) is 1. The second-order valence-electron chi connectivity index (χ2n) is 4.91. The third-order valence-electron chi connectivity index (χ3n) is 2.99. The molecule has 21 heavy (non-hydrogen) atoms. The molecular formula is C17H21N3O. The lowest BCUT2D eigenvalue weighted by atomic mass is 10.2. The molecule has 0 aliphatic carbocycles. The van der Waals surface area contributed by atoms with Crippen LogP contribution in [0.5, 0.6) is 5.75 Å². The zero-order valence-corrected chi connectivity index (χ0v) is 12.4. The smallest absolute Gasteiger partial charge is 0.193 e. The van der Waals surface area contributed by atoms with Crippen molar-refractivity contribution in [2.75, 3.05) is 11.9 Å². The molecule has 0 spiro atoms. The molecule has 0 aromatic heterocycles. The van der Waals surface area contributed by atoms with Crippen LogP contribution in [0.1, 0.15) is 12.5 Å². The summed E-state index contributed by atoms with van der Waals surface area (Å²) in [6.45, 7) is 4.50. The van der Waals surface area contributed by atoms with Crippen molar-refractivity contribution in [2.45, 2.75) is 20.0 Å². The summed E-state index contributed by atoms with van der Waals surface area (Å²) in [6, 6.07) is 17.7. The molecule has 1 atom stereocenters. The maximum atomic E-state index is 5.86. The van der Waals surface area contributed by atoms with E-state index in [0.29, 0.717) is 12.5 Å². The largest absolute Gasteiger partial charge is 0.489 e. The molecule has 4 heteroatoms. The maximum absolute atomic E-state index is 5.86. The van der Waals surface area contributed by atoms with Gasteiger partial charge in [-0.3, -0.25) is 0 Å². The summed E-state index contributed by atoms with van der Waals surface area (Å²) in [4.78, 5) is 4.30. The number of nitrogens with two attached hydrogens (primary N) is 1. The fraction of sp³-hybridized carbons (Fsp3) is 0.235. The van der Waals surface area contributed by atoms with Gasteiger partial charge in [-0.2, -0.15) is 0 Å². The van der Waals surface area contributed by atoms with Crippen LogP contribution in [0.4, 0.5) is 5.69 Å². The number of para-hydroxylation sites is 2. The average molecular weight is 283 g/mol. The number of hydrogen-bond acceptors (Lipinski definition) is 2. The van der Waals surface area contributed by atoms with Crippen LogP contribution in [0, 0.1) is 6.92 Å². The first-order chi connectivity index (χ1) is 10.1. The number of aliphatic imine (C=N–C) groups is 1. The van der Waals surface area contributed by atoms with E-state index in [9.17, 15) is 0 Å². The Kier molecular flexibility index (Phi) is 5.21. The average Bonchev–Trinajstić information content (AvgIpc) is 2.49. The van der Waals surface area contributed by atoms with Crippen molar-refractivity contribution in [1.82, 2.24) is 0 Å². The normalized spacial score (nSPS) is 12.8. The Morgan fingerprint density at radius 2 is 1.81 bits per heavy atom. The van der Waals surface area contributed by atoms with Crippen LogP contribution >= 0.6 is 0 Å². The quantitative estimate of drug-likeness (QED) is 0.654. The van der Waals surface area contributed by atoms with Gasteiger partial charge in [-0.15, -0.1) is 0 Å². The van der Waals surface area contributed by atoms with E-state index >= 15 is 0 Å². The summed E-state index contributed by atoms with van der Waals surface area (Å²) in [5, 5.41) is 3.04. The van der Waals surface area contributed by atoms with Crippen LogP contribution in [-0.2, 0) is 0 Å². The van der Waals surface area contributed by atoms with Crippen molar-refractivity contribution in [3.63, 3.8) is 0 Å². The Hall–Kier alpha value is -2.49. The van der Waals surface area contributed by atoms with Gasteiger partial charge in [0.2, 0.25) is 0 Å². The highest BCUT2D eigenvalue weighted by molar-refractivity contribution is 5.92. The zero-order chi connectivity index (χ0) is 15.1. The molecule has 3 N–H and O–H groups in total. The van der Waals surface area contributed by atoms with E-state index in [4.69, 9.17) is 10.5 Å². The lowest BCUT2D eigenvalue weighted by Crippen LogP contribution is -2.25. The van der Waals surface area contributed by atoms with E-state index in [-0.39, 0.29) is 6.10 Å². The van der Waals surface area contributed by atoms with Crippen LogP contribution in [-0.4, -0.2) is 18.6 Å². The molecule has 0 saturated carbocycles. The highest BCUT2D eigenvalue weighted by Crippen LogP contribution is 2.17. The molecule has 2 aromatic carbocycles. The minimum atomic E-state index is -0.0396. The SMILES string of the molecule is Cc1ccccc1OC(C)CN=C(N)Nc1ccccc1. The van der Waals surface area contributed by atoms with Crippen molar-refractivity contribution in [3.05, 3.63) is 60.2 Å². The fourth-order valence-corrected chi connectivity index (χ4v) is 1.88. The third-order valence-corrected chi connectivity index (χ3v) is 2.99. The second-order valence-corrected chi connectivity index (χ2v) is 4.91. The number of ether oxygens (including phenoxy) is 1. The summed E-state index contributed by atoms with van der Waals surface area (Å²) < 4.78 is 5.86. The predicted molar refractivity (Wildman–Crippen MR) is 87.8 cm³/mol. The summed E-state index contributed by atoms with van der Waals surface area (Å²) >= 11 is 0. The second kappa shape index (κ2) is 7.33. The molecule has 1 unspecified atom stereocenters. The lowest BCUT2D eigenvalue weighted by molar-refractivity contribution is 0.229. The van der Waals surface area contributed by atoms with Gasteiger partial charge < -0.3 is 15.8 Å². The molecule has 0 heterocycles. The van der Waals surface area contributed by atoms with E-state index in [0.717, 1.165) is 17.0 Å². The maximum Gasteiger partial charge on any atom is 0.193 e. The van der Waals surface area contributed by atoms with Crippen LogP contribution in [0.25, 0.3) is 0 Å². The number of nitrogens with one attached hydrogen (secondary N) is 1. The summed E-state index contributed by atoms with van der Waals surface area (Å²) in [7, 11) is 0. The van der Waals surface area contributed by atoms with Crippen molar-refractivity contribution in [2.24, 2.45) is 10.7 Å². The standard InChI is InChI=1S/C17H21N3O/c1-13-8-6-7-11-16(13)21-14(2)12-19-17(18)20-15-9-4-3-5-10-15/h3-11,14H,12H2,1-2H3,(H3,18,19,20). The molecular weight excluding hydrogens is 262 g/mol. The Morgan fingerprint density at radius 1 is 1.14 bits per heavy atom. The van der Waals surface area contributed by atoms with Crippen LogP contribution < -0.4 is 15.8 Å². The number of anilines is 1. The first-order valence-corrected chi connectivity index (χ1v) is 6.99. The number of aryl methyl sites for hydroxylation is 1. The first kappa shape index (κ1) is 14.9. The van der Waals surface area contributed by atoms with Crippen LogP contribution in [0.3, 0.4) is 0 Å². The third kappa shape index (κ3) is 4.84. The number of benzene rings is 2. The molecule has 2 rings (SSSR count). The molecule has 0 fully saturated rings. The van der Waals surface area contributed by atoms with E-state index in [1.54, 1.807) is 0 Å². The molecule has 0 saturated heterocycles. The minimum absolute atomic E-state index is 0.0396. The van der Waals surface area contributed by atoms with E-state index < -0.39 is 0 Å². The molecule has 110 valence electrons. The van der Waals surface area contributed by atoms with E-state index in [2.05, 4.69) is 10.3 Å². The Morgan fingerprint density at radius 3 is 2.52 bits per heavy atom. The molecule has 0 aliphatic rings. The van der Waals surface area contributed by atoms with E-state index in [1.165, 1.54) is 0 Å². The molecule has 0 bridgehead atoms. The number of hydrogen-bond donors (Lipinski definition) is 2. The molecule has 0 radical (unpaired) electrons. The minimum Gasteiger partial charge on any atom is -0.489 e. The molecule has 0 aliphatic heterocycles. The molecule has 4 nitrogen and oxygen atoms in total. The number of rotatable bonds is 5. The molecule has 0 amide bonds. The van der Waals surface area contributed by atoms with Gasteiger partial charge in [0.25, 0.3) is 0 Å². The first-order valence-electron chi connectivity index (χ1n) is 6.99. The zero-order valence-electron chi connectivity index (χ0n) is 12.4. The fourth-order valence-electron chi connectivity index (χ4n) is 1.88. The van der Waals surface area contributed by atoms with Crippen molar-refractivity contribution >= 4 is 11.6 Å². The predicted octanol–water partition coefficient (Wildman–Crippen LogP) is 3.19. The van der Waals surface area contributed by atoms with Gasteiger partial charge in [0.15, 0.2) is 5.96 Å². The lowest BCUT2D eigenvalue weighted by Gasteiger charge is -2.15. The van der Waals surface area contributed by atoms with Gasteiger partial charge in [0.1, 0.15) is 11.9 Å². The topological polar surface area (TPSA) is 59.6 Å². The summed E-state index contributed by atoms with van der Waals surface area (Å²) in [5.74, 6) is 1.27. The monoisotopic (exact) mass is 283 g/mol. The van der Waals surface area contributed by atoms with Crippen molar-refractivity contribution in [1.29, 1.82) is 0 Å². The Labute approximate surface area is 125 Å². The van der Waals surface area contributed by atoms with Gasteiger partial charge in [0, 0.05) is 5.69 Å². The highest BCUT2D eigenvalue weighted by atomic mass is 16.5. The van der Waals surface area contributed by atoms with Crippen molar-refractivity contribution in [3.8, 4) is 5.75 Å². The Balaban J connectivity index is 1.86. The molecule has 2 aromatic rings. The highest BCUT2D eigenvalue weighted by Gasteiger charge is 2.05. The van der Waals surface area contributed by atoms with Gasteiger partial charge >= 0.3 is 0 Å². The summed E-state index contributed by atoms with van der Waals surface area (Å²) in [5.41, 5.74) is 7.90. The number of guanidine groups is 1. The van der Waals surface area contributed by atoms with E-state index in [1.807, 2.05) is 68.4 Å². The van der Waals surface area contributed by atoms with Gasteiger partial charge in [0.05, 0.1) is 6.54 Å². The van der Waals surface area contributed by atoms with Gasteiger partial charge in [-0.05, 0) is 37.6 Å². The van der Waals surface area contributed by atoms with Gasteiger partial charge in [-0.25, -0.2) is 4.99 Å². The van der Waals surface area contributed by atoms with Gasteiger partial charge in [-0.1, -0.05) is 36.4 Å². The summed E-state index contributed by atoms with van der Waals surface area (Å²) in [6.07, 6.45) is -0.0396. The van der Waals surface area contributed by atoms with Crippen molar-refractivity contribution < 1.29 is 4.74 Å². The van der Waals surface area contributed by atoms with Crippen LogP contribution in [0.2, 0.25) is 0 Å². The van der Waals surface area contributed by atoms with Crippen LogP contribution in [0.15, 0.2) is 59.6 Å².